The quantitative estimate of drug-likeness (QED) is 0.631. The summed E-state index contributed by atoms with van der Waals surface area (Å²) in [5.41, 5.74) is 4.12. The van der Waals surface area contributed by atoms with Crippen molar-refractivity contribution in [3.8, 4) is 0 Å². The molecule has 0 N–H and O–H groups in total. The van der Waals surface area contributed by atoms with Gasteiger partial charge in [0.25, 0.3) is 0 Å². The lowest BCUT2D eigenvalue weighted by Crippen LogP contribution is -1.71. The van der Waals surface area contributed by atoms with Gasteiger partial charge in [-0.25, -0.2) is 0 Å². The van der Waals surface area contributed by atoms with Gasteiger partial charge in [-0.2, -0.15) is 0 Å². The molecule has 1 aromatic heterocycles. The minimum atomic E-state index is 1.23. The van der Waals surface area contributed by atoms with Gasteiger partial charge in [-0.1, -0.05) is 36.9 Å². The average Bonchev–Trinajstić information content (AvgIpc) is 2.59. The zero-order valence-corrected chi connectivity index (χ0v) is 9.47. The summed E-state index contributed by atoms with van der Waals surface area (Å²) in [5.74, 6) is 0. The molecule has 0 aliphatic carbocycles. The molecule has 0 radical (unpaired) electrons. The van der Waals surface area contributed by atoms with E-state index in [0.717, 1.165) is 0 Å². The van der Waals surface area contributed by atoms with Gasteiger partial charge in [-0.05, 0) is 19.1 Å². The first-order valence-corrected chi connectivity index (χ1v) is 5.68. The van der Waals surface area contributed by atoms with Crippen LogP contribution in [0.2, 0.25) is 0 Å². The fourth-order valence-electron chi connectivity index (χ4n) is 1.62. The smallest absolute Gasteiger partial charge is 0.0432 e. The van der Waals surface area contributed by atoms with Gasteiger partial charge in [-0.15, -0.1) is 17.1 Å². The lowest BCUT2D eigenvalue weighted by molar-refractivity contribution is 1.76. The van der Waals surface area contributed by atoms with Crippen LogP contribution in [0.1, 0.15) is 17.4 Å². The minimum absolute atomic E-state index is 1.23. The molecule has 0 atom stereocenters. The number of hydrogen-bond donors (Lipinski definition) is 0. The van der Waals surface area contributed by atoms with Crippen LogP contribution in [0.25, 0.3) is 22.2 Å². The van der Waals surface area contributed by atoms with Crippen molar-refractivity contribution < 1.29 is 0 Å². The first-order chi connectivity index (χ1) is 7.36. The van der Waals surface area contributed by atoms with E-state index in [4.69, 9.17) is 0 Å². The Balaban J connectivity index is 2.79. The van der Waals surface area contributed by atoms with Gasteiger partial charge >= 0.3 is 0 Å². The highest BCUT2D eigenvalue weighted by Crippen LogP contribution is 2.32. The second kappa shape index (κ2) is 4.31. The van der Waals surface area contributed by atoms with E-state index in [0.29, 0.717) is 0 Å². The zero-order chi connectivity index (χ0) is 10.7. The molecule has 0 aliphatic rings. The third kappa shape index (κ3) is 1.80. The first-order valence-electron chi connectivity index (χ1n) is 4.87. The SMILES string of the molecule is C=C=Cc1sc2ccccc2c1C=CC. The van der Waals surface area contributed by atoms with Gasteiger partial charge in [0.05, 0.1) is 0 Å². The fourth-order valence-corrected chi connectivity index (χ4v) is 2.72. The number of rotatable bonds is 2. The van der Waals surface area contributed by atoms with Gasteiger partial charge in [0.15, 0.2) is 0 Å². The summed E-state index contributed by atoms with van der Waals surface area (Å²) >= 11 is 1.78. The number of benzene rings is 1. The Hall–Kier alpha value is -1.56. The molecule has 0 unspecified atom stereocenters. The largest absolute Gasteiger partial charge is 0.135 e. The van der Waals surface area contributed by atoms with E-state index in [1.165, 1.54) is 20.5 Å². The number of allylic oxidation sites excluding steroid dienone is 1. The Morgan fingerprint density at radius 3 is 2.87 bits per heavy atom. The van der Waals surface area contributed by atoms with Crippen LogP contribution in [-0.2, 0) is 0 Å². The van der Waals surface area contributed by atoms with Gasteiger partial charge in [-0.3, -0.25) is 0 Å². The van der Waals surface area contributed by atoms with Gasteiger partial charge in [0.2, 0.25) is 0 Å². The topological polar surface area (TPSA) is 0 Å². The van der Waals surface area contributed by atoms with Crippen molar-refractivity contribution in [3.05, 3.63) is 53.1 Å². The van der Waals surface area contributed by atoms with Crippen LogP contribution in [0.4, 0.5) is 0 Å². The Bertz CT molecular complexity index is 552. The van der Waals surface area contributed by atoms with Crippen LogP contribution in [-0.4, -0.2) is 0 Å². The molecule has 15 heavy (non-hydrogen) atoms. The van der Waals surface area contributed by atoms with Crippen molar-refractivity contribution in [1.82, 2.24) is 0 Å². The van der Waals surface area contributed by atoms with E-state index in [1.54, 1.807) is 11.3 Å². The number of hydrogen-bond acceptors (Lipinski definition) is 1. The van der Waals surface area contributed by atoms with E-state index in [-0.39, 0.29) is 0 Å². The van der Waals surface area contributed by atoms with Crippen molar-refractivity contribution in [2.75, 3.05) is 0 Å². The second-order valence-corrected chi connectivity index (χ2v) is 4.31. The molecule has 0 saturated heterocycles. The van der Waals surface area contributed by atoms with Crippen molar-refractivity contribution in [3.63, 3.8) is 0 Å². The van der Waals surface area contributed by atoms with Crippen molar-refractivity contribution in [2.24, 2.45) is 0 Å². The molecule has 0 aliphatic heterocycles. The summed E-state index contributed by atoms with van der Waals surface area (Å²) in [5, 5.41) is 1.31. The lowest BCUT2D eigenvalue weighted by atomic mass is 10.1. The highest BCUT2D eigenvalue weighted by Gasteiger charge is 2.06. The number of fused-ring (bicyclic) bond motifs is 1. The normalized spacial score (nSPS) is 10.7. The summed E-state index contributed by atoms with van der Waals surface area (Å²) in [7, 11) is 0. The maximum atomic E-state index is 3.63. The van der Waals surface area contributed by atoms with E-state index in [1.807, 2.05) is 13.0 Å². The maximum absolute atomic E-state index is 3.63. The molecule has 0 amide bonds. The van der Waals surface area contributed by atoms with Gasteiger partial charge < -0.3 is 0 Å². The predicted octanol–water partition coefficient (Wildman–Crippen LogP) is 4.73. The third-order valence-electron chi connectivity index (χ3n) is 2.23. The van der Waals surface area contributed by atoms with E-state index in [2.05, 4.69) is 48.7 Å². The molecular weight excluding hydrogens is 200 g/mol. The molecule has 0 spiro atoms. The van der Waals surface area contributed by atoms with Crippen LogP contribution >= 0.6 is 11.3 Å². The Labute approximate surface area is 93.9 Å². The van der Waals surface area contributed by atoms with Crippen molar-refractivity contribution in [2.45, 2.75) is 6.92 Å². The highest BCUT2D eigenvalue weighted by molar-refractivity contribution is 7.20. The summed E-state index contributed by atoms with van der Waals surface area (Å²) in [6.07, 6.45) is 6.15. The molecule has 1 heterocycles. The summed E-state index contributed by atoms with van der Waals surface area (Å²) in [6, 6.07) is 8.44. The van der Waals surface area contributed by atoms with Crippen LogP contribution in [0.5, 0.6) is 0 Å². The Morgan fingerprint density at radius 2 is 2.13 bits per heavy atom. The molecular formula is C14H12S. The molecule has 2 aromatic rings. The lowest BCUT2D eigenvalue weighted by Gasteiger charge is -1.92. The zero-order valence-electron chi connectivity index (χ0n) is 8.66. The molecule has 0 nitrogen and oxygen atoms in total. The highest BCUT2D eigenvalue weighted by atomic mass is 32.1. The van der Waals surface area contributed by atoms with Gasteiger partial charge in [0.1, 0.15) is 0 Å². The third-order valence-corrected chi connectivity index (χ3v) is 3.36. The van der Waals surface area contributed by atoms with Crippen LogP contribution in [0, 0.1) is 0 Å². The Morgan fingerprint density at radius 1 is 1.33 bits per heavy atom. The van der Waals surface area contributed by atoms with Gasteiger partial charge in [0, 0.05) is 20.5 Å². The fraction of sp³-hybridized carbons (Fsp3) is 0.0714. The summed E-state index contributed by atoms with van der Waals surface area (Å²) in [6.45, 7) is 5.66. The van der Waals surface area contributed by atoms with Crippen LogP contribution in [0.15, 0.2) is 42.7 Å². The van der Waals surface area contributed by atoms with Crippen LogP contribution in [0.3, 0.4) is 0 Å². The standard InChI is InChI=1S/C14H12S/c1-3-7-11-12-9-5-6-10-14(12)15-13(11)8-4-2/h3,5-10H,2H2,1H3. The molecule has 2 rings (SSSR count). The van der Waals surface area contributed by atoms with E-state index >= 15 is 0 Å². The molecule has 74 valence electrons. The van der Waals surface area contributed by atoms with Crippen molar-refractivity contribution >= 4 is 33.6 Å². The van der Waals surface area contributed by atoms with E-state index < -0.39 is 0 Å². The minimum Gasteiger partial charge on any atom is -0.135 e. The Kier molecular flexibility index (Phi) is 2.86. The monoisotopic (exact) mass is 212 g/mol. The molecule has 1 aromatic carbocycles. The van der Waals surface area contributed by atoms with E-state index in [9.17, 15) is 0 Å². The number of thiophene rings is 1. The van der Waals surface area contributed by atoms with Crippen LogP contribution < -0.4 is 0 Å². The predicted molar refractivity (Wildman–Crippen MR) is 70.1 cm³/mol. The van der Waals surface area contributed by atoms with Crippen molar-refractivity contribution in [1.29, 1.82) is 0 Å². The summed E-state index contributed by atoms with van der Waals surface area (Å²) in [4.78, 5) is 1.23. The molecule has 0 saturated carbocycles. The summed E-state index contributed by atoms with van der Waals surface area (Å²) < 4.78 is 1.31. The molecule has 1 heteroatoms. The molecule has 0 bridgehead atoms. The first kappa shape index (κ1) is 9.97. The molecule has 0 fully saturated rings. The maximum Gasteiger partial charge on any atom is 0.0432 e. The average molecular weight is 212 g/mol. The second-order valence-electron chi connectivity index (χ2n) is 3.22.